The van der Waals surface area contributed by atoms with Gasteiger partial charge in [-0.2, -0.15) is 17.0 Å². The average Bonchev–Trinajstić information content (AvgIpc) is 2.75. The summed E-state index contributed by atoms with van der Waals surface area (Å²) in [7, 11) is -0.307. The number of piperazine rings is 1. The fourth-order valence-corrected chi connectivity index (χ4v) is 3.92. The van der Waals surface area contributed by atoms with Gasteiger partial charge in [-0.15, -0.1) is 0 Å². The number of hydrogen-bond acceptors (Lipinski definition) is 4. The van der Waals surface area contributed by atoms with Crippen molar-refractivity contribution in [1.82, 2.24) is 18.8 Å². The molecule has 21 heavy (non-hydrogen) atoms. The Labute approximate surface area is 127 Å². The van der Waals surface area contributed by atoms with Crippen LogP contribution in [0.2, 0.25) is 0 Å². The van der Waals surface area contributed by atoms with Gasteiger partial charge in [0.25, 0.3) is 10.2 Å². The Balaban J connectivity index is 1.90. The molecule has 0 aromatic heterocycles. The summed E-state index contributed by atoms with van der Waals surface area (Å²) >= 11 is 0. The summed E-state index contributed by atoms with van der Waals surface area (Å²) in [5.74, 6) is 0.124. The maximum Gasteiger partial charge on any atom is 0.281 e. The molecule has 2 saturated heterocycles. The van der Waals surface area contributed by atoms with Crippen molar-refractivity contribution in [1.29, 1.82) is 0 Å². The highest BCUT2D eigenvalue weighted by Crippen LogP contribution is 2.14. The zero-order valence-corrected chi connectivity index (χ0v) is 13.7. The van der Waals surface area contributed by atoms with Crippen LogP contribution in [-0.2, 0) is 15.0 Å². The van der Waals surface area contributed by atoms with E-state index in [9.17, 15) is 13.2 Å². The van der Waals surface area contributed by atoms with Crippen molar-refractivity contribution in [2.75, 3.05) is 46.8 Å². The van der Waals surface area contributed by atoms with Gasteiger partial charge in [-0.3, -0.25) is 4.79 Å². The van der Waals surface area contributed by atoms with E-state index in [1.165, 1.54) is 29.1 Å². The Bertz CT molecular complexity index is 450. The summed E-state index contributed by atoms with van der Waals surface area (Å²) in [6.07, 6.45) is 4.26. The Morgan fingerprint density at radius 3 is 2.38 bits per heavy atom. The Hall–Kier alpha value is -0.700. The van der Waals surface area contributed by atoms with E-state index in [0.717, 1.165) is 25.8 Å². The van der Waals surface area contributed by atoms with Crippen LogP contribution in [0.15, 0.2) is 0 Å². The summed E-state index contributed by atoms with van der Waals surface area (Å²) in [5.41, 5.74) is 0. The number of carbonyl (C=O) groups excluding carboxylic acids is 1. The lowest BCUT2D eigenvalue weighted by Crippen LogP contribution is -2.56. The second kappa shape index (κ2) is 7.04. The molecule has 0 spiro atoms. The summed E-state index contributed by atoms with van der Waals surface area (Å²) in [5, 5.41) is 3.31. The first-order valence-electron chi connectivity index (χ1n) is 7.62. The molecule has 2 fully saturated rings. The Morgan fingerprint density at radius 2 is 1.76 bits per heavy atom. The molecule has 2 aliphatic heterocycles. The largest absolute Gasteiger partial charge is 0.339 e. The molecule has 2 aliphatic rings. The van der Waals surface area contributed by atoms with Crippen LogP contribution >= 0.6 is 0 Å². The third-order valence-electron chi connectivity index (χ3n) is 4.20. The van der Waals surface area contributed by atoms with Gasteiger partial charge in [0.05, 0.1) is 6.04 Å². The van der Waals surface area contributed by atoms with E-state index >= 15 is 0 Å². The molecular weight excluding hydrogens is 292 g/mol. The van der Waals surface area contributed by atoms with Crippen molar-refractivity contribution in [3.8, 4) is 0 Å². The van der Waals surface area contributed by atoms with E-state index in [1.807, 2.05) is 0 Å². The minimum absolute atomic E-state index is 0.0931. The summed E-state index contributed by atoms with van der Waals surface area (Å²) in [4.78, 5) is 14.3. The van der Waals surface area contributed by atoms with Gasteiger partial charge in [-0.1, -0.05) is 12.8 Å². The first kappa shape index (κ1) is 16.7. The number of hydrogen-bond donors (Lipinski definition) is 1. The molecule has 1 amide bonds. The van der Waals surface area contributed by atoms with Gasteiger partial charge in [-0.05, 0) is 19.4 Å². The van der Waals surface area contributed by atoms with E-state index < -0.39 is 10.2 Å². The number of amides is 1. The molecule has 1 atom stereocenters. The molecule has 0 aromatic rings. The summed E-state index contributed by atoms with van der Waals surface area (Å²) in [6.45, 7) is 2.59. The van der Waals surface area contributed by atoms with Crippen LogP contribution in [0.5, 0.6) is 0 Å². The lowest BCUT2D eigenvalue weighted by molar-refractivity contribution is -0.134. The lowest BCUT2D eigenvalue weighted by Gasteiger charge is -2.36. The molecule has 1 N–H and O–H groups in total. The highest BCUT2D eigenvalue weighted by molar-refractivity contribution is 7.86. The van der Waals surface area contributed by atoms with Crippen LogP contribution < -0.4 is 5.32 Å². The van der Waals surface area contributed by atoms with E-state index in [2.05, 4.69) is 5.32 Å². The van der Waals surface area contributed by atoms with Gasteiger partial charge < -0.3 is 10.2 Å². The molecule has 0 saturated carbocycles. The summed E-state index contributed by atoms with van der Waals surface area (Å²) < 4.78 is 26.8. The topological polar surface area (TPSA) is 73.0 Å². The maximum absolute atomic E-state index is 12.5. The van der Waals surface area contributed by atoms with Gasteiger partial charge in [0, 0.05) is 40.3 Å². The number of rotatable bonds is 3. The van der Waals surface area contributed by atoms with Crippen molar-refractivity contribution in [3.05, 3.63) is 0 Å². The van der Waals surface area contributed by atoms with Crippen molar-refractivity contribution < 1.29 is 13.2 Å². The van der Waals surface area contributed by atoms with Gasteiger partial charge >= 0.3 is 0 Å². The zero-order chi connectivity index (χ0) is 15.5. The monoisotopic (exact) mass is 318 g/mol. The smallest absolute Gasteiger partial charge is 0.281 e. The SMILES string of the molecule is CN(C)S(=O)(=O)N1CCN(C(=O)C2CCCCCN2)CC1. The number of nitrogens with zero attached hydrogens (tertiary/aromatic N) is 3. The third kappa shape index (κ3) is 3.94. The molecule has 1 unspecified atom stereocenters. The average molecular weight is 318 g/mol. The molecule has 7 nitrogen and oxygen atoms in total. The van der Waals surface area contributed by atoms with E-state index in [4.69, 9.17) is 0 Å². The Kier molecular flexibility index (Phi) is 5.59. The van der Waals surface area contributed by atoms with Crippen molar-refractivity contribution in [2.45, 2.75) is 31.7 Å². The predicted molar refractivity (Wildman–Crippen MR) is 81.0 cm³/mol. The molecule has 2 heterocycles. The standard InChI is InChI=1S/C13H26N4O3S/c1-15(2)21(19,20)17-10-8-16(9-11-17)13(18)12-6-4-3-5-7-14-12/h12,14H,3-11H2,1-2H3. The molecule has 122 valence electrons. The molecule has 0 aromatic carbocycles. The van der Waals surface area contributed by atoms with Crippen LogP contribution in [-0.4, -0.2) is 80.7 Å². The second-order valence-electron chi connectivity index (χ2n) is 5.87. The molecular formula is C13H26N4O3S. The van der Waals surface area contributed by atoms with Gasteiger partial charge in [-0.25, -0.2) is 0 Å². The van der Waals surface area contributed by atoms with E-state index in [-0.39, 0.29) is 11.9 Å². The molecule has 2 rings (SSSR count). The second-order valence-corrected chi connectivity index (χ2v) is 8.01. The fourth-order valence-electron chi connectivity index (χ4n) is 2.83. The summed E-state index contributed by atoms with van der Waals surface area (Å²) in [6, 6.07) is -0.0931. The normalized spacial score (nSPS) is 25.9. The highest BCUT2D eigenvalue weighted by Gasteiger charge is 2.32. The minimum atomic E-state index is -3.37. The molecule has 0 bridgehead atoms. The van der Waals surface area contributed by atoms with Crippen molar-refractivity contribution in [3.63, 3.8) is 0 Å². The molecule has 8 heteroatoms. The van der Waals surface area contributed by atoms with Gasteiger partial charge in [0.15, 0.2) is 0 Å². The van der Waals surface area contributed by atoms with Crippen LogP contribution in [0.25, 0.3) is 0 Å². The number of carbonyl (C=O) groups is 1. The maximum atomic E-state index is 12.5. The quantitative estimate of drug-likeness (QED) is 0.759. The predicted octanol–water partition coefficient (Wildman–Crippen LogP) is -0.531. The number of nitrogens with one attached hydrogen (secondary N) is 1. The van der Waals surface area contributed by atoms with Gasteiger partial charge in [0.2, 0.25) is 5.91 Å². The van der Waals surface area contributed by atoms with Gasteiger partial charge in [0.1, 0.15) is 0 Å². The van der Waals surface area contributed by atoms with Crippen molar-refractivity contribution in [2.24, 2.45) is 0 Å². The van der Waals surface area contributed by atoms with Crippen LogP contribution in [0.1, 0.15) is 25.7 Å². The van der Waals surface area contributed by atoms with E-state index in [0.29, 0.717) is 26.2 Å². The minimum Gasteiger partial charge on any atom is -0.339 e. The zero-order valence-electron chi connectivity index (χ0n) is 12.9. The van der Waals surface area contributed by atoms with E-state index in [1.54, 1.807) is 4.90 Å². The highest BCUT2D eigenvalue weighted by atomic mass is 32.2. The first-order valence-corrected chi connectivity index (χ1v) is 9.02. The Morgan fingerprint density at radius 1 is 1.10 bits per heavy atom. The molecule has 0 aliphatic carbocycles. The van der Waals surface area contributed by atoms with Crippen LogP contribution in [0, 0.1) is 0 Å². The van der Waals surface area contributed by atoms with Crippen molar-refractivity contribution >= 4 is 16.1 Å². The van der Waals surface area contributed by atoms with Crippen LogP contribution in [0.4, 0.5) is 0 Å². The third-order valence-corrected chi connectivity index (χ3v) is 6.14. The molecule has 0 radical (unpaired) electrons. The lowest BCUT2D eigenvalue weighted by atomic mass is 10.1. The first-order chi connectivity index (χ1) is 9.93. The fraction of sp³-hybridized carbons (Fsp3) is 0.923. The van der Waals surface area contributed by atoms with Crippen LogP contribution in [0.3, 0.4) is 0 Å².